The lowest BCUT2D eigenvalue weighted by atomic mass is 10.0. The summed E-state index contributed by atoms with van der Waals surface area (Å²) in [7, 11) is 0. The van der Waals surface area contributed by atoms with E-state index in [2.05, 4.69) is 32.7 Å². The van der Waals surface area contributed by atoms with Gasteiger partial charge >= 0.3 is 6.09 Å². The van der Waals surface area contributed by atoms with Crippen LogP contribution in [0.4, 0.5) is 16.3 Å². The predicted octanol–water partition coefficient (Wildman–Crippen LogP) is 4.64. The van der Waals surface area contributed by atoms with E-state index in [9.17, 15) is 14.4 Å². The van der Waals surface area contributed by atoms with Gasteiger partial charge in [-0.25, -0.2) is 4.79 Å². The number of amides is 2. The number of aromatic nitrogens is 2. The zero-order valence-electron chi connectivity index (χ0n) is 22.5. The number of H-pyrrole nitrogens is 1. The second kappa shape index (κ2) is 12.8. The SMILES string of the molecule is CCCCOc1cccc(N2CCC(C(=O)Nc3cc([C@H]4CC[C@@H](OC(=O)NC(C)C)C4)[nH]n3)C2)c1C=O. The fraction of sp³-hybridized carbons (Fsp3) is 0.571. The molecule has 206 valence electrons. The van der Waals surface area contributed by atoms with Crippen molar-refractivity contribution in [2.24, 2.45) is 5.92 Å². The first kappa shape index (κ1) is 27.5. The van der Waals surface area contributed by atoms with Gasteiger partial charge in [0, 0.05) is 36.8 Å². The standard InChI is InChI=1S/C28H39N5O5/c1-4-5-13-37-25-8-6-7-24(22(25)17-34)33-12-11-20(16-33)27(35)30-26-15-23(31-32-26)19-9-10-21(14-19)38-28(36)29-18(2)3/h6-8,15,17-21H,4-5,9-14,16H2,1-3H3,(H,29,36)(H2,30,31,32,35)/t19-,20?,21+/m0/s1. The van der Waals surface area contributed by atoms with Crippen molar-refractivity contribution < 1.29 is 23.9 Å². The van der Waals surface area contributed by atoms with Crippen LogP contribution in [0.25, 0.3) is 0 Å². The number of carbonyl (C=O) groups excluding carboxylic acids is 3. The van der Waals surface area contributed by atoms with Crippen LogP contribution in [0.5, 0.6) is 5.75 Å². The molecule has 2 amide bonds. The first-order valence-electron chi connectivity index (χ1n) is 13.7. The predicted molar refractivity (Wildman–Crippen MR) is 145 cm³/mol. The topological polar surface area (TPSA) is 126 Å². The highest BCUT2D eigenvalue weighted by molar-refractivity contribution is 5.93. The number of carbonyl (C=O) groups is 3. The second-order valence-electron chi connectivity index (χ2n) is 10.5. The summed E-state index contributed by atoms with van der Waals surface area (Å²) < 4.78 is 11.3. The lowest BCUT2D eigenvalue weighted by Crippen LogP contribution is -2.33. The number of aromatic amines is 1. The molecule has 2 fully saturated rings. The minimum absolute atomic E-state index is 0.0345. The molecule has 1 aliphatic carbocycles. The molecule has 38 heavy (non-hydrogen) atoms. The lowest BCUT2D eigenvalue weighted by Gasteiger charge is -2.22. The molecule has 4 rings (SSSR count). The molecule has 0 radical (unpaired) electrons. The van der Waals surface area contributed by atoms with E-state index in [1.54, 1.807) is 0 Å². The van der Waals surface area contributed by atoms with Gasteiger partial charge in [-0.3, -0.25) is 14.7 Å². The largest absolute Gasteiger partial charge is 0.493 e. The van der Waals surface area contributed by atoms with Gasteiger partial charge in [-0.2, -0.15) is 5.10 Å². The van der Waals surface area contributed by atoms with Crippen molar-refractivity contribution in [1.82, 2.24) is 15.5 Å². The maximum absolute atomic E-state index is 13.0. The van der Waals surface area contributed by atoms with Crippen molar-refractivity contribution in [3.8, 4) is 5.75 Å². The Kier molecular flexibility index (Phi) is 9.25. The summed E-state index contributed by atoms with van der Waals surface area (Å²) in [6.45, 7) is 7.65. The summed E-state index contributed by atoms with van der Waals surface area (Å²) in [5, 5.41) is 13.0. The summed E-state index contributed by atoms with van der Waals surface area (Å²) in [5.41, 5.74) is 2.26. The molecule has 10 nitrogen and oxygen atoms in total. The molecule has 1 aromatic carbocycles. The van der Waals surface area contributed by atoms with Gasteiger partial charge < -0.3 is 25.0 Å². The van der Waals surface area contributed by atoms with Gasteiger partial charge in [-0.05, 0) is 58.1 Å². The Balaban J connectivity index is 1.30. The van der Waals surface area contributed by atoms with Crippen molar-refractivity contribution in [1.29, 1.82) is 0 Å². The Morgan fingerprint density at radius 1 is 1.26 bits per heavy atom. The van der Waals surface area contributed by atoms with Crippen LogP contribution in [0.1, 0.15) is 81.3 Å². The Labute approximate surface area is 223 Å². The number of aldehydes is 1. The van der Waals surface area contributed by atoms with Gasteiger partial charge in [0.25, 0.3) is 0 Å². The van der Waals surface area contributed by atoms with Crippen LogP contribution < -0.4 is 20.3 Å². The van der Waals surface area contributed by atoms with E-state index >= 15 is 0 Å². The third kappa shape index (κ3) is 6.85. The zero-order valence-corrected chi connectivity index (χ0v) is 22.5. The second-order valence-corrected chi connectivity index (χ2v) is 10.5. The van der Waals surface area contributed by atoms with Crippen molar-refractivity contribution in [2.75, 3.05) is 29.9 Å². The van der Waals surface area contributed by atoms with Crippen LogP contribution in [0.2, 0.25) is 0 Å². The number of alkyl carbamates (subject to hydrolysis) is 1. The molecule has 2 heterocycles. The summed E-state index contributed by atoms with van der Waals surface area (Å²) in [4.78, 5) is 38.9. The monoisotopic (exact) mass is 525 g/mol. The number of rotatable bonds is 11. The summed E-state index contributed by atoms with van der Waals surface area (Å²) in [6.07, 6.45) is 5.35. The van der Waals surface area contributed by atoms with Crippen LogP contribution in [0, 0.1) is 5.92 Å². The number of hydrogen-bond acceptors (Lipinski definition) is 7. The van der Waals surface area contributed by atoms with E-state index in [4.69, 9.17) is 9.47 Å². The Bertz CT molecular complexity index is 1120. The number of nitrogens with zero attached hydrogens (tertiary/aromatic N) is 2. The van der Waals surface area contributed by atoms with Crippen LogP contribution in [0.3, 0.4) is 0 Å². The molecule has 3 atom stereocenters. The normalized spacial score (nSPS) is 20.9. The number of ether oxygens (including phenoxy) is 2. The van der Waals surface area contributed by atoms with Crippen molar-refractivity contribution in [3.05, 3.63) is 35.5 Å². The van der Waals surface area contributed by atoms with Crippen molar-refractivity contribution in [2.45, 2.75) is 77.4 Å². The van der Waals surface area contributed by atoms with Crippen LogP contribution in [-0.2, 0) is 9.53 Å². The minimum atomic E-state index is -0.384. The summed E-state index contributed by atoms with van der Waals surface area (Å²) in [6, 6.07) is 7.51. The molecule has 1 aliphatic heterocycles. The fourth-order valence-electron chi connectivity index (χ4n) is 5.16. The highest BCUT2D eigenvalue weighted by atomic mass is 16.6. The molecule has 0 spiro atoms. The van der Waals surface area contributed by atoms with Gasteiger partial charge in [0.2, 0.25) is 5.91 Å². The highest BCUT2D eigenvalue weighted by Crippen LogP contribution is 2.36. The van der Waals surface area contributed by atoms with Gasteiger partial charge in [-0.1, -0.05) is 19.4 Å². The third-order valence-electron chi connectivity index (χ3n) is 7.17. The average molecular weight is 526 g/mol. The molecule has 1 saturated carbocycles. The molecule has 3 N–H and O–H groups in total. The third-order valence-corrected chi connectivity index (χ3v) is 7.17. The smallest absolute Gasteiger partial charge is 0.407 e. The van der Waals surface area contributed by atoms with Crippen molar-refractivity contribution in [3.63, 3.8) is 0 Å². The maximum Gasteiger partial charge on any atom is 0.407 e. The molecular formula is C28H39N5O5. The van der Waals surface area contributed by atoms with E-state index in [-0.39, 0.29) is 36.0 Å². The number of unbranched alkanes of at least 4 members (excludes halogenated alkanes) is 1. The van der Waals surface area contributed by atoms with Crippen molar-refractivity contribution >= 4 is 29.8 Å². The van der Waals surface area contributed by atoms with E-state index in [0.717, 1.165) is 49.8 Å². The summed E-state index contributed by atoms with van der Waals surface area (Å²) in [5.74, 6) is 0.962. The van der Waals surface area contributed by atoms with Gasteiger partial charge in [0.15, 0.2) is 12.1 Å². The van der Waals surface area contributed by atoms with Gasteiger partial charge in [-0.15, -0.1) is 0 Å². The number of nitrogens with one attached hydrogen (secondary N) is 3. The molecule has 2 aromatic rings. The minimum Gasteiger partial charge on any atom is -0.493 e. The van der Waals surface area contributed by atoms with Crippen LogP contribution in [-0.4, -0.2) is 60.3 Å². The molecule has 1 saturated heterocycles. The van der Waals surface area contributed by atoms with E-state index < -0.39 is 0 Å². The average Bonchev–Trinajstić information content (AvgIpc) is 3.64. The first-order valence-corrected chi connectivity index (χ1v) is 13.7. The van der Waals surface area contributed by atoms with Gasteiger partial charge in [0.1, 0.15) is 11.9 Å². The molecule has 10 heteroatoms. The van der Waals surface area contributed by atoms with E-state index in [1.807, 2.05) is 38.1 Å². The van der Waals surface area contributed by atoms with Crippen LogP contribution in [0.15, 0.2) is 24.3 Å². The number of anilines is 2. The first-order chi connectivity index (χ1) is 18.4. The fourth-order valence-corrected chi connectivity index (χ4v) is 5.16. The molecule has 2 aliphatic rings. The highest BCUT2D eigenvalue weighted by Gasteiger charge is 2.32. The zero-order chi connectivity index (χ0) is 27.1. The number of benzene rings is 1. The molecule has 1 unspecified atom stereocenters. The van der Waals surface area contributed by atoms with E-state index in [0.29, 0.717) is 43.2 Å². The van der Waals surface area contributed by atoms with Gasteiger partial charge in [0.05, 0.1) is 23.8 Å². The Morgan fingerprint density at radius 2 is 2.11 bits per heavy atom. The molecule has 0 bridgehead atoms. The van der Waals surface area contributed by atoms with E-state index in [1.165, 1.54) is 0 Å². The quantitative estimate of drug-likeness (QED) is 0.288. The Hall–Kier alpha value is -3.56. The summed E-state index contributed by atoms with van der Waals surface area (Å²) >= 11 is 0. The number of hydrogen-bond donors (Lipinski definition) is 3. The molecule has 1 aromatic heterocycles. The molecular weight excluding hydrogens is 486 g/mol. The maximum atomic E-state index is 13.0. The van der Waals surface area contributed by atoms with Crippen LogP contribution >= 0.6 is 0 Å². The lowest BCUT2D eigenvalue weighted by molar-refractivity contribution is -0.119. The Morgan fingerprint density at radius 3 is 2.87 bits per heavy atom.